The van der Waals surface area contributed by atoms with E-state index >= 15 is 0 Å². The number of carbonyl (C=O) groups excluding carboxylic acids is 1. The number of fused-ring (bicyclic) bond motifs is 1. The van der Waals surface area contributed by atoms with E-state index in [-0.39, 0.29) is 12.3 Å². The van der Waals surface area contributed by atoms with Crippen molar-refractivity contribution in [3.63, 3.8) is 0 Å². The molecule has 0 aliphatic rings. The molecule has 0 N–H and O–H groups in total. The Balaban J connectivity index is 1.69. The number of benzene rings is 2. The van der Waals surface area contributed by atoms with Crippen LogP contribution in [0.1, 0.15) is 6.42 Å². The Morgan fingerprint density at radius 2 is 2.06 bits per heavy atom. The van der Waals surface area contributed by atoms with E-state index in [2.05, 4.69) is 27.9 Å². The number of nitrogens with zero attached hydrogens (tertiary/aromatic N) is 6. The summed E-state index contributed by atoms with van der Waals surface area (Å²) in [4.78, 5) is 27.9. The van der Waals surface area contributed by atoms with Gasteiger partial charge in [0.25, 0.3) is 5.69 Å². The second-order valence-corrected chi connectivity index (χ2v) is 7.40. The zero-order chi connectivity index (χ0) is 22.9. The average Bonchev–Trinajstić information content (AvgIpc) is 3.22. The Labute approximate surface area is 187 Å². The zero-order valence-corrected chi connectivity index (χ0v) is 17.7. The number of nitriles is 1. The van der Waals surface area contributed by atoms with Gasteiger partial charge in [-0.3, -0.25) is 10.1 Å². The largest absolute Gasteiger partial charge is 0.461 e. The van der Waals surface area contributed by atoms with Crippen molar-refractivity contribution in [1.82, 2.24) is 4.98 Å². The topological polar surface area (TPSA) is 134 Å². The molecule has 0 bridgehead atoms. The van der Waals surface area contributed by atoms with Gasteiger partial charge in [-0.15, -0.1) is 10.2 Å². The van der Waals surface area contributed by atoms with E-state index in [0.29, 0.717) is 40.5 Å². The number of esters is 1. The molecule has 0 fully saturated rings. The number of thiazole rings is 1. The third-order valence-corrected chi connectivity index (χ3v) is 5.21. The molecule has 2 aromatic carbocycles. The van der Waals surface area contributed by atoms with Crippen LogP contribution in [0.2, 0.25) is 0 Å². The van der Waals surface area contributed by atoms with Crippen LogP contribution < -0.4 is 4.90 Å². The zero-order valence-electron chi connectivity index (χ0n) is 16.9. The predicted octanol–water partition coefficient (Wildman–Crippen LogP) is 5.07. The lowest BCUT2D eigenvalue weighted by atomic mass is 10.2. The van der Waals surface area contributed by atoms with Gasteiger partial charge < -0.3 is 9.64 Å². The summed E-state index contributed by atoms with van der Waals surface area (Å²) in [5.74, 6) is -0.495. The van der Waals surface area contributed by atoms with Crippen molar-refractivity contribution in [2.24, 2.45) is 10.2 Å². The Morgan fingerprint density at radius 3 is 2.75 bits per heavy atom. The number of nitro groups is 1. The highest BCUT2D eigenvalue weighted by atomic mass is 32.1. The van der Waals surface area contributed by atoms with Crippen LogP contribution in [0.25, 0.3) is 10.2 Å². The first-order valence-corrected chi connectivity index (χ1v) is 10.3. The monoisotopic (exact) mass is 450 g/mol. The quantitative estimate of drug-likeness (QED) is 0.138. The molecule has 0 radical (unpaired) electrons. The summed E-state index contributed by atoms with van der Waals surface area (Å²) in [5, 5.41) is 28.5. The Kier molecular flexibility index (Phi) is 7.55. The second kappa shape index (κ2) is 10.7. The van der Waals surface area contributed by atoms with E-state index in [1.807, 2.05) is 17.0 Å². The van der Waals surface area contributed by atoms with E-state index in [1.165, 1.54) is 23.5 Å². The number of non-ortho nitro benzene ring substituents is 1. The summed E-state index contributed by atoms with van der Waals surface area (Å²) < 4.78 is 5.68. The van der Waals surface area contributed by atoms with Gasteiger partial charge in [-0.2, -0.15) is 5.26 Å². The summed E-state index contributed by atoms with van der Waals surface area (Å²) in [7, 11) is 0. The standard InChI is InChI=1S/C21H18N6O4S/c1-2-20(28)31-13-12-26(11-3-10-22)16-6-4-15(5-7-16)24-25-21-23-18-9-8-17(27(29)30)14-19(18)32-21/h2,4-9,14H,1,3,11-13H2/b25-24+. The summed E-state index contributed by atoms with van der Waals surface area (Å²) in [6.45, 7) is 4.45. The first kappa shape index (κ1) is 22.5. The van der Waals surface area contributed by atoms with Crippen LogP contribution in [0.5, 0.6) is 0 Å². The van der Waals surface area contributed by atoms with E-state index in [9.17, 15) is 14.9 Å². The lowest BCUT2D eigenvalue weighted by molar-refractivity contribution is -0.384. The van der Waals surface area contributed by atoms with E-state index in [4.69, 9.17) is 10.00 Å². The predicted molar refractivity (Wildman–Crippen MR) is 120 cm³/mol. The van der Waals surface area contributed by atoms with Gasteiger partial charge in [-0.1, -0.05) is 17.9 Å². The summed E-state index contributed by atoms with van der Waals surface area (Å²) in [5.41, 5.74) is 2.06. The van der Waals surface area contributed by atoms with Gasteiger partial charge in [-0.05, 0) is 30.3 Å². The van der Waals surface area contributed by atoms with Crippen molar-refractivity contribution in [1.29, 1.82) is 5.26 Å². The summed E-state index contributed by atoms with van der Waals surface area (Å²) >= 11 is 1.22. The number of hydrogen-bond acceptors (Lipinski definition) is 10. The minimum absolute atomic E-state index is 0.000406. The number of rotatable bonds is 10. The third-order valence-electron chi connectivity index (χ3n) is 4.30. The van der Waals surface area contributed by atoms with Gasteiger partial charge in [0.1, 0.15) is 6.61 Å². The maximum atomic E-state index is 11.2. The maximum absolute atomic E-state index is 11.2. The SMILES string of the molecule is C=CC(=O)OCCN(CCC#N)c1ccc(/N=N/c2nc3ccc([N+](=O)[O-])cc3s2)cc1. The highest BCUT2D eigenvalue weighted by Gasteiger charge is 2.10. The Bertz CT molecular complexity index is 1200. The average molecular weight is 450 g/mol. The van der Waals surface area contributed by atoms with Crippen LogP contribution in [-0.2, 0) is 9.53 Å². The molecule has 0 atom stereocenters. The molecule has 10 nitrogen and oxygen atoms in total. The number of ether oxygens (including phenoxy) is 1. The number of nitro benzene ring substituents is 1. The molecule has 0 aliphatic heterocycles. The van der Waals surface area contributed by atoms with Gasteiger partial charge >= 0.3 is 5.97 Å². The first-order valence-electron chi connectivity index (χ1n) is 9.48. The number of azo groups is 1. The number of carbonyl (C=O) groups is 1. The van der Waals surface area contributed by atoms with Gasteiger partial charge in [0.2, 0.25) is 5.13 Å². The molecular formula is C21H18N6O4S. The van der Waals surface area contributed by atoms with Crippen molar-refractivity contribution in [3.8, 4) is 6.07 Å². The molecule has 3 rings (SSSR count). The van der Waals surface area contributed by atoms with Gasteiger partial charge in [0.15, 0.2) is 0 Å². The van der Waals surface area contributed by atoms with Crippen molar-refractivity contribution in [3.05, 3.63) is 65.2 Å². The van der Waals surface area contributed by atoms with Gasteiger partial charge in [0.05, 0.1) is 39.9 Å². The van der Waals surface area contributed by atoms with Crippen LogP contribution in [0.4, 0.5) is 22.2 Å². The molecule has 162 valence electrons. The number of aromatic nitrogens is 1. The van der Waals surface area contributed by atoms with Crippen molar-refractivity contribution in [2.75, 3.05) is 24.6 Å². The molecule has 0 spiro atoms. The molecule has 0 unspecified atom stereocenters. The molecule has 1 heterocycles. The van der Waals surface area contributed by atoms with Crippen molar-refractivity contribution < 1.29 is 14.5 Å². The third kappa shape index (κ3) is 5.93. The summed E-state index contributed by atoms with van der Waals surface area (Å²) in [6.07, 6.45) is 1.43. The molecule has 0 saturated carbocycles. The van der Waals surface area contributed by atoms with Crippen LogP contribution in [0.3, 0.4) is 0 Å². The fourth-order valence-electron chi connectivity index (χ4n) is 2.76. The molecule has 32 heavy (non-hydrogen) atoms. The molecule has 0 saturated heterocycles. The number of anilines is 1. The Morgan fingerprint density at radius 1 is 1.28 bits per heavy atom. The normalized spacial score (nSPS) is 10.7. The second-order valence-electron chi connectivity index (χ2n) is 6.39. The first-order chi connectivity index (χ1) is 15.5. The Hall–Kier alpha value is -4.17. The fraction of sp³-hybridized carbons (Fsp3) is 0.190. The molecule has 0 amide bonds. The van der Waals surface area contributed by atoms with Crippen molar-refractivity contribution in [2.45, 2.75) is 6.42 Å². The van der Waals surface area contributed by atoms with Crippen molar-refractivity contribution >= 4 is 49.7 Å². The van der Waals surface area contributed by atoms with Crippen LogP contribution in [0.15, 0.2) is 65.3 Å². The van der Waals surface area contributed by atoms with Gasteiger partial charge in [-0.25, -0.2) is 9.78 Å². The van der Waals surface area contributed by atoms with E-state index in [0.717, 1.165) is 11.8 Å². The van der Waals surface area contributed by atoms with Crippen LogP contribution in [0, 0.1) is 21.4 Å². The highest BCUT2D eigenvalue weighted by Crippen LogP contribution is 2.32. The van der Waals surface area contributed by atoms with Crippen LogP contribution in [-0.4, -0.2) is 35.6 Å². The smallest absolute Gasteiger partial charge is 0.330 e. The molecule has 0 aliphatic carbocycles. The minimum atomic E-state index is -0.495. The minimum Gasteiger partial charge on any atom is -0.461 e. The highest BCUT2D eigenvalue weighted by molar-refractivity contribution is 7.21. The van der Waals surface area contributed by atoms with Crippen LogP contribution >= 0.6 is 11.3 Å². The molecule has 11 heteroatoms. The molecule has 3 aromatic rings. The lowest BCUT2D eigenvalue weighted by Gasteiger charge is -2.23. The van der Waals surface area contributed by atoms with E-state index in [1.54, 1.807) is 18.2 Å². The number of hydrogen-bond donors (Lipinski definition) is 0. The fourth-order valence-corrected chi connectivity index (χ4v) is 3.58. The molecular weight excluding hydrogens is 432 g/mol. The van der Waals surface area contributed by atoms with E-state index < -0.39 is 10.9 Å². The molecule has 1 aromatic heterocycles. The van der Waals surface area contributed by atoms with Gasteiger partial charge in [0, 0.05) is 30.4 Å². The summed E-state index contributed by atoms with van der Waals surface area (Å²) in [6, 6.07) is 13.8. The maximum Gasteiger partial charge on any atom is 0.330 e. The lowest BCUT2D eigenvalue weighted by Crippen LogP contribution is -2.29.